The molecule has 0 atom stereocenters. The maximum absolute atomic E-state index is 13.0. The molecule has 0 saturated heterocycles. The van der Waals surface area contributed by atoms with E-state index in [1.165, 1.54) is 22.4 Å². The van der Waals surface area contributed by atoms with Gasteiger partial charge in [-0.1, -0.05) is 67.1 Å². The maximum atomic E-state index is 13.0. The molecule has 3 heteroatoms. The third-order valence-electron chi connectivity index (χ3n) is 4.86. The predicted octanol–water partition coefficient (Wildman–Crippen LogP) is 5.75. The molecule has 126 valence electrons. The molecule has 2 nitrogen and oxygen atoms in total. The highest BCUT2D eigenvalue weighted by Gasteiger charge is 2.30. The lowest BCUT2D eigenvalue weighted by Gasteiger charge is -2.31. The fourth-order valence-corrected chi connectivity index (χ4v) is 4.06. The van der Waals surface area contributed by atoms with E-state index >= 15 is 0 Å². The van der Waals surface area contributed by atoms with Crippen LogP contribution in [0.1, 0.15) is 24.8 Å². The second-order valence-corrected chi connectivity index (χ2v) is 7.48. The Kier molecular flexibility index (Phi) is 4.66. The molecule has 2 aromatic carbocycles. The third-order valence-corrected chi connectivity index (χ3v) is 5.83. The fraction of sp³-hybridized carbons (Fsp3) is 0.227. The van der Waals surface area contributed by atoms with Crippen LogP contribution in [0.5, 0.6) is 0 Å². The van der Waals surface area contributed by atoms with Crippen LogP contribution in [-0.2, 0) is 11.3 Å². The number of hydrogen-bond acceptors (Lipinski definition) is 2. The summed E-state index contributed by atoms with van der Waals surface area (Å²) in [6.45, 7) is 0.640. The van der Waals surface area contributed by atoms with E-state index < -0.39 is 0 Å². The molecule has 0 aliphatic heterocycles. The second-order valence-electron chi connectivity index (χ2n) is 6.57. The van der Waals surface area contributed by atoms with Gasteiger partial charge in [-0.15, -0.1) is 11.3 Å². The van der Waals surface area contributed by atoms with Crippen LogP contribution in [0.25, 0.3) is 10.4 Å². The number of thiophene rings is 1. The van der Waals surface area contributed by atoms with E-state index in [-0.39, 0.29) is 11.8 Å². The van der Waals surface area contributed by atoms with Crippen LogP contribution in [0.2, 0.25) is 0 Å². The minimum atomic E-state index is 0.198. The number of benzene rings is 2. The molecule has 25 heavy (non-hydrogen) atoms. The quantitative estimate of drug-likeness (QED) is 0.575. The number of carbonyl (C=O) groups excluding carboxylic acids is 1. The Morgan fingerprint density at radius 3 is 2.32 bits per heavy atom. The number of hydrogen-bond donors (Lipinski definition) is 0. The lowest BCUT2D eigenvalue weighted by Crippen LogP contribution is -2.38. The smallest absolute Gasteiger partial charge is 0.230 e. The zero-order chi connectivity index (χ0) is 17.1. The normalized spacial score (nSPS) is 14.1. The van der Waals surface area contributed by atoms with E-state index in [1.54, 1.807) is 11.3 Å². The molecule has 1 aliphatic rings. The Morgan fingerprint density at radius 1 is 1.00 bits per heavy atom. The molecule has 1 aliphatic carbocycles. The first-order chi connectivity index (χ1) is 12.3. The Morgan fingerprint density at radius 2 is 1.68 bits per heavy atom. The fourth-order valence-electron chi connectivity index (χ4n) is 3.16. The summed E-state index contributed by atoms with van der Waals surface area (Å²) in [6, 6.07) is 22.8. The van der Waals surface area contributed by atoms with Gasteiger partial charge in [0.1, 0.15) is 0 Å². The van der Waals surface area contributed by atoms with E-state index in [0.29, 0.717) is 6.54 Å². The largest absolute Gasteiger partial charge is 0.307 e. The molecule has 1 heterocycles. The van der Waals surface area contributed by atoms with Crippen molar-refractivity contribution in [3.05, 3.63) is 77.7 Å². The molecule has 0 bridgehead atoms. The molecule has 1 saturated carbocycles. The van der Waals surface area contributed by atoms with Gasteiger partial charge in [0, 0.05) is 16.2 Å². The van der Waals surface area contributed by atoms with Gasteiger partial charge in [0.2, 0.25) is 5.91 Å². The van der Waals surface area contributed by atoms with Crippen molar-refractivity contribution in [2.75, 3.05) is 4.90 Å². The Bertz CT molecular complexity index is 837. The zero-order valence-electron chi connectivity index (χ0n) is 14.1. The summed E-state index contributed by atoms with van der Waals surface area (Å²) in [5, 5.41) is 2.11. The maximum Gasteiger partial charge on any atom is 0.230 e. The predicted molar refractivity (Wildman–Crippen MR) is 105 cm³/mol. The SMILES string of the molecule is O=C(C1CCC1)N(Cc1ccccc1)c1csc(-c2ccccc2)c1. The number of amides is 1. The molecular weight excluding hydrogens is 326 g/mol. The van der Waals surface area contributed by atoms with Gasteiger partial charge < -0.3 is 4.90 Å². The van der Waals surface area contributed by atoms with Crippen LogP contribution < -0.4 is 4.90 Å². The number of rotatable bonds is 5. The van der Waals surface area contributed by atoms with Crippen LogP contribution in [0, 0.1) is 5.92 Å². The van der Waals surface area contributed by atoms with E-state index in [0.717, 1.165) is 18.5 Å². The van der Waals surface area contributed by atoms with Crippen molar-refractivity contribution in [1.82, 2.24) is 0 Å². The molecule has 0 unspecified atom stereocenters. The summed E-state index contributed by atoms with van der Waals surface area (Å²) in [4.78, 5) is 16.2. The van der Waals surface area contributed by atoms with E-state index in [2.05, 4.69) is 47.8 Å². The topological polar surface area (TPSA) is 20.3 Å². The van der Waals surface area contributed by atoms with Crippen molar-refractivity contribution < 1.29 is 4.79 Å². The van der Waals surface area contributed by atoms with Crippen molar-refractivity contribution in [3.8, 4) is 10.4 Å². The molecule has 1 aromatic heterocycles. The Hall–Kier alpha value is -2.39. The second kappa shape index (κ2) is 7.24. The van der Waals surface area contributed by atoms with Crippen LogP contribution >= 0.6 is 11.3 Å². The lowest BCUT2D eigenvalue weighted by molar-refractivity contribution is -0.124. The van der Waals surface area contributed by atoms with Gasteiger partial charge >= 0.3 is 0 Å². The molecule has 3 aromatic rings. The van der Waals surface area contributed by atoms with Crippen molar-refractivity contribution in [3.63, 3.8) is 0 Å². The summed E-state index contributed by atoms with van der Waals surface area (Å²) in [5.41, 5.74) is 3.39. The molecule has 0 spiro atoms. The first-order valence-corrected chi connectivity index (χ1v) is 9.68. The zero-order valence-corrected chi connectivity index (χ0v) is 14.9. The highest BCUT2D eigenvalue weighted by atomic mass is 32.1. The average Bonchev–Trinajstić information content (AvgIpc) is 3.09. The van der Waals surface area contributed by atoms with E-state index in [9.17, 15) is 4.79 Å². The van der Waals surface area contributed by atoms with Gasteiger partial charge in [0.05, 0.1) is 12.2 Å². The summed E-state index contributed by atoms with van der Waals surface area (Å²) in [6.07, 6.45) is 3.23. The van der Waals surface area contributed by atoms with Gasteiger partial charge in [-0.05, 0) is 30.0 Å². The number of anilines is 1. The van der Waals surface area contributed by atoms with Crippen molar-refractivity contribution >= 4 is 22.9 Å². The molecule has 1 amide bonds. The highest BCUT2D eigenvalue weighted by molar-refractivity contribution is 7.14. The number of carbonyl (C=O) groups is 1. The standard InChI is InChI=1S/C22H21NOS/c24-22(19-12-7-13-19)23(15-17-8-3-1-4-9-17)20-14-21(25-16-20)18-10-5-2-6-11-18/h1-6,8-11,14,16,19H,7,12-13,15H2. The van der Waals surface area contributed by atoms with Gasteiger partial charge in [-0.25, -0.2) is 0 Å². The third kappa shape index (κ3) is 3.52. The van der Waals surface area contributed by atoms with Gasteiger partial charge in [-0.3, -0.25) is 4.79 Å². The molecule has 0 N–H and O–H groups in total. The Labute approximate surface area is 152 Å². The van der Waals surface area contributed by atoms with Crippen LogP contribution in [-0.4, -0.2) is 5.91 Å². The van der Waals surface area contributed by atoms with Gasteiger partial charge in [-0.2, -0.15) is 0 Å². The molecular formula is C22H21NOS. The van der Waals surface area contributed by atoms with E-state index in [4.69, 9.17) is 0 Å². The van der Waals surface area contributed by atoms with Crippen LogP contribution in [0.15, 0.2) is 72.1 Å². The molecule has 0 radical (unpaired) electrons. The molecule has 4 rings (SSSR count). The highest BCUT2D eigenvalue weighted by Crippen LogP contribution is 2.35. The summed E-state index contributed by atoms with van der Waals surface area (Å²) in [7, 11) is 0. The minimum absolute atomic E-state index is 0.198. The number of nitrogens with zero attached hydrogens (tertiary/aromatic N) is 1. The first kappa shape index (κ1) is 16.1. The minimum Gasteiger partial charge on any atom is -0.307 e. The summed E-state index contributed by atoms with van der Waals surface area (Å²) < 4.78 is 0. The monoisotopic (exact) mass is 347 g/mol. The summed E-state index contributed by atoms with van der Waals surface area (Å²) in [5.74, 6) is 0.469. The van der Waals surface area contributed by atoms with Crippen molar-refractivity contribution in [1.29, 1.82) is 0 Å². The van der Waals surface area contributed by atoms with Crippen molar-refractivity contribution in [2.45, 2.75) is 25.8 Å². The van der Waals surface area contributed by atoms with Gasteiger partial charge in [0.25, 0.3) is 0 Å². The molecule has 1 fully saturated rings. The Balaban J connectivity index is 1.63. The average molecular weight is 347 g/mol. The van der Waals surface area contributed by atoms with Crippen molar-refractivity contribution in [2.24, 2.45) is 5.92 Å². The lowest BCUT2D eigenvalue weighted by atomic mass is 9.84. The van der Waals surface area contributed by atoms with Gasteiger partial charge in [0.15, 0.2) is 0 Å². The first-order valence-electron chi connectivity index (χ1n) is 8.80. The summed E-state index contributed by atoms with van der Waals surface area (Å²) >= 11 is 1.70. The van der Waals surface area contributed by atoms with Crippen LogP contribution in [0.4, 0.5) is 5.69 Å². The van der Waals surface area contributed by atoms with E-state index in [1.807, 2.05) is 29.2 Å². The van der Waals surface area contributed by atoms with Crippen LogP contribution in [0.3, 0.4) is 0 Å².